The highest BCUT2D eigenvalue weighted by atomic mass is 35.5. The zero-order valence-electron chi connectivity index (χ0n) is 17.2. The molecule has 2 aromatic carbocycles. The zero-order valence-corrected chi connectivity index (χ0v) is 19.6. The number of hydrogen-bond donors (Lipinski definition) is 1. The van der Waals surface area contributed by atoms with Crippen molar-refractivity contribution in [1.29, 1.82) is 0 Å². The number of hydrogen-bond acceptors (Lipinski definition) is 6. The summed E-state index contributed by atoms with van der Waals surface area (Å²) in [5.41, 5.74) is 4.75. The average molecular weight is 478 g/mol. The van der Waals surface area contributed by atoms with Crippen LogP contribution in [0.4, 0.5) is 0 Å². The molecule has 0 spiro atoms. The van der Waals surface area contributed by atoms with Gasteiger partial charge in [0.05, 0.1) is 23.6 Å². The normalized spacial score (nSPS) is 11.5. The maximum absolute atomic E-state index is 12.3. The number of ether oxygens (including phenoxy) is 1. The molecule has 0 aliphatic rings. The number of thioether (sulfide) groups is 1. The first kappa shape index (κ1) is 23.1. The van der Waals surface area contributed by atoms with Crippen LogP contribution in [-0.2, 0) is 11.3 Å². The Morgan fingerprint density at radius 2 is 1.94 bits per heavy atom. The fraction of sp³-hybridized carbons (Fsp3) is 0.238. The second kappa shape index (κ2) is 10.7. The second-order valence-corrected chi connectivity index (χ2v) is 8.21. The maximum atomic E-state index is 12.3. The molecule has 162 valence electrons. The molecule has 0 unspecified atom stereocenters. The molecule has 0 saturated carbocycles. The Morgan fingerprint density at radius 1 is 1.19 bits per heavy atom. The van der Waals surface area contributed by atoms with Crippen LogP contribution in [0.3, 0.4) is 0 Å². The molecule has 0 aliphatic carbocycles. The molecule has 1 heterocycles. The van der Waals surface area contributed by atoms with Gasteiger partial charge in [-0.1, -0.05) is 41.0 Å². The van der Waals surface area contributed by atoms with Crippen molar-refractivity contribution in [3.63, 3.8) is 0 Å². The van der Waals surface area contributed by atoms with Crippen LogP contribution in [0, 0.1) is 0 Å². The third-order valence-electron chi connectivity index (χ3n) is 4.38. The van der Waals surface area contributed by atoms with Crippen molar-refractivity contribution in [3.8, 4) is 17.1 Å². The Balaban J connectivity index is 1.64. The van der Waals surface area contributed by atoms with E-state index in [9.17, 15) is 4.79 Å². The van der Waals surface area contributed by atoms with Crippen molar-refractivity contribution in [3.05, 3.63) is 58.1 Å². The van der Waals surface area contributed by atoms with Crippen LogP contribution < -0.4 is 10.2 Å². The smallest absolute Gasteiger partial charge is 0.250 e. The minimum Gasteiger partial charge on any atom is -0.497 e. The average Bonchev–Trinajstić information content (AvgIpc) is 3.19. The number of aromatic nitrogens is 3. The molecular formula is C21H21Cl2N5O2S. The summed E-state index contributed by atoms with van der Waals surface area (Å²) < 4.78 is 7.16. The summed E-state index contributed by atoms with van der Waals surface area (Å²) in [7, 11) is 1.62. The Hall–Kier alpha value is -2.55. The number of amides is 1. The standard InChI is InChI=1S/C21H21Cl2N5O2S/c1-4-28-20(14-5-8-16(30-3)9-6-14)26-27-21(28)31-12-19(29)25-24-13(2)17-10-7-15(22)11-18(17)23/h5-11H,4,12H2,1-3H3,(H,25,29). The fourth-order valence-corrected chi connectivity index (χ4v) is 4.13. The molecule has 0 radical (unpaired) electrons. The molecule has 0 saturated heterocycles. The Morgan fingerprint density at radius 3 is 2.58 bits per heavy atom. The van der Waals surface area contributed by atoms with Crippen LogP contribution in [0.25, 0.3) is 11.4 Å². The third-order valence-corrected chi connectivity index (χ3v) is 5.90. The summed E-state index contributed by atoms with van der Waals surface area (Å²) >= 11 is 13.4. The minimum atomic E-state index is -0.258. The molecule has 0 aliphatic heterocycles. The van der Waals surface area contributed by atoms with Crippen molar-refractivity contribution < 1.29 is 9.53 Å². The summed E-state index contributed by atoms with van der Waals surface area (Å²) in [6.45, 7) is 4.44. The van der Waals surface area contributed by atoms with Gasteiger partial charge in [-0.3, -0.25) is 4.79 Å². The van der Waals surface area contributed by atoms with Crippen LogP contribution in [-0.4, -0.2) is 39.2 Å². The first-order valence-electron chi connectivity index (χ1n) is 9.42. The van der Waals surface area contributed by atoms with E-state index in [1.165, 1.54) is 11.8 Å². The van der Waals surface area contributed by atoms with Crippen LogP contribution in [0.2, 0.25) is 10.0 Å². The summed E-state index contributed by atoms with van der Waals surface area (Å²) in [4.78, 5) is 12.3. The molecular weight excluding hydrogens is 457 g/mol. The van der Waals surface area contributed by atoms with Gasteiger partial charge in [-0.05, 0) is 50.2 Å². The van der Waals surface area contributed by atoms with Gasteiger partial charge < -0.3 is 9.30 Å². The number of benzene rings is 2. The van der Waals surface area contributed by atoms with Gasteiger partial charge >= 0.3 is 0 Å². The van der Waals surface area contributed by atoms with E-state index < -0.39 is 0 Å². The van der Waals surface area contributed by atoms with Gasteiger partial charge in [-0.25, -0.2) is 5.43 Å². The lowest BCUT2D eigenvalue weighted by Crippen LogP contribution is -2.21. The van der Waals surface area contributed by atoms with Crippen molar-refractivity contribution in [2.45, 2.75) is 25.5 Å². The third kappa shape index (κ3) is 5.78. The first-order valence-corrected chi connectivity index (χ1v) is 11.2. The quantitative estimate of drug-likeness (QED) is 0.283. The molecule has 3 aromatic rings. The first-order chi connectivity index (χ1) is 14.9. The molecule has 0 fully saturated rings. The van der Waals surface area contributed by atoms with Crippen molar-refractivity contribution >= 4 is 46.6 Å². The summed E-state index contributed by atoms with van der Waals surface area (Å²) in [6, 6.07) is 12.7. The van der Waals surface area contributed by atoms with E-state index in [1.807, 2.05) is 35.8 Å². The Bertz CT molecular complexity index is 1100. The number of halogens is 2. The van der Waals surface area contributed by atoms with Gasteiger partial charge in [0.1, 0.15) is 5.75 Å². The Labute approximate surface area is 194 Å². The second-order valence-electron chi connectivity index (χ2n) is 6.42. The lowest BCUT2D eigenvalue weighted by Gasteiger charge is -2.08. The molecule has 0 atom stereocenters. The number of carbonyl (C=O) groups is 1. The molecule has 0 bridgehead atoms. The highest BCUT2D eigenvalue weighted by Gasteiger charge is 2.15. The van der Waals surface area contributed by atoms with Crippen LogP contribution >= 0.6 is 35.0 Å². The SMILES string of the molecule is CCn1c(SCC(=O)NN=C(C)c2ccc(Cl)cc2Cl)nnc1-c1ccc(OC)cc1. The molecule has 1 aromatic heterocycles. The molecule has 1 N–H and O–H groups in total. The lowest BCUT2D eigenvalue weighted by atomic mass is 10.1. The summed E-state index contributed by atoms with van der Waals surface area (Å²) in [5.74, 6) is 1.39. The Kier molecular flexibility index (Phi) is 7.95. The highest BCUT2D eigenvalue weighted by molar-refractivity contribution is 7.99. The fourth-order valence-electron chi connectivity index (χ4n) is 2.79. The maximum Gasteiger partial charge on any atom is 0.250 e. The van der Waals surface area contributed by atoms with Gasteiger partial charge in [-0.15, -0.1) is 10.2 Å². The number of nitrogens with one attached hydrogen (secondary N) is 1. The topological polar surface area (TPSA) is 81.4 Å². The van der Waals surface area contributed by atoms with E-state index in [4.69, 9.17) is 27.9 Å². The number of hydrazone groups is 1. The highest BCUT2D eigenvalue weighted by Crippen LogP contribution is 2.25. The van der Waals surface area contributed by atoms with Crippen molar-refractivity contribution in [1.82, 2.24) is 20.2 Å². The van der Waals surface area contributed by atoms with E-state index in [-0.39, 0.29) is 11.7 Å². The molecule has 3 rings (SSSR count). The van der Waals surface area contributed by atoms with Crippen LogP contribution in [0.15, 0.2) is 52.7 Å². The van der Waals surface area contributed by atoms with E-state index in [2.05, 4.69) is 20.7 Å². The van der Waals surface area contributed by atoms with Crippen molar-refractivity contribution in [2.24, 2.45) is 5.10 Å². The van der Waals surface area contributed by atoms with Gasteiger partial charge in [0.2, 0.25) is 0 Å². The van der Waals surface area contributed by atoms with Crippen LogP contribution in [0.5, 0.6) is 5.75 Å². The van der Waals surface area contributed by atoms with Gasteiger partial charge in [0, 0.05) is 22.7 Å². The molecule has 1 amide bonds. The van der Waals surface area contributed by atoms with Crippen LogP contribution in [0.1, 0.15) is 19.4 Å². The summed E-state index contributed by atoms with van der Waals surface area (Å²) in [6.07, 6.45) is 0. The van der Waals surface area contributed by atoms with E-state index >= 15 is 0 Å². The number of nitrogens with zero attached hydrogens (tertiary/aromatic N) is 4. The number of rotatable bonds is 8. The zero-order chi connectivity index (χ0) is 22.4. The van der Waals surface area contributed by atoms with Gasteiger partial charge in [0.15, 0.2) is 11.0 Å². The number of carbonyl (C=O) groups excluding carboxylic acids is 1. The number of methoxy groups -OCH3 is 1. The van der Waals surface area contributed by atoms with Crippen molar-refractivity contribution in [2.75, 3.05) is 12.9 Å². The predicted octanol–water partition coefficient (Wildman–Crippen LogP) is 4.91. The monoisotopic (exact) mass is 477 g/mol. The van der Waals surface area contributed by atoms with Gasteiger partial charge in [0.25, 0.3) is 5.91 Å². The van der Waals surface area contributed by atoms with E-state index in [0.717, 1.165) is 17.1 Å². The molecule has 10 heteroatoms. The largest absolute Gasteiger partial charge is 0.497 e. The minimum absolute atomic E-state index is 0.145. The summed E-state index contributed by atoms with van der Waals surface area (Å²) in [5, 5.41) is 14.3. The van der Waals surface area contributed by atoms with E-state index in [0.29, 0.717) is 33.0 Å². The van der Waals surface area contributed by atoms with E-state index in [1.54, 1.807) is 32.2 Å². The molecule has 31 heavy (non-hydrogen) atoms. The molecule has 7 nitrogen and oxygen atoms in total. The van der Waals surface area contributed by atoms with Gasteiger partial charge in [-0.2, -0.15) is 5.10 Å². The lowest BCUT2D eigenvalue weighted by molar-refractivity contribution is -0.118. The predicted molar refractivity (Wildman–Crippen MR) is 125 cm³/mol.